The molecular weight excluding hydrogens is 373 g/mol. The number of likely N-dealkylation sites (tertiary alicyclic amines) is 1. The van der Waals surface area contributed by atoms with Crippen LogP contribution in [0.4, 0.5) is 4.39 Å². The maximum Gasteiger partial charge on any atom is 0.274 e. The van der Waals surface area contributed by atoms with E-state index >= 15 is 0 Å². The number of hydrogen-bond acceptors (Lipinski definition) is 6. The van der Waals surface area contributed by atoms with Gasteiger partial charge in [-0.2, -0.15) is 4.98 Å². The molecule has 7 nitrogen and oxygen atoms in total. The average molecular weight is 393 g/mol. The number of rotatable bonds is 4. The summed E-state index contributed by atoms with van der Waals surface area (Å²) in [6.45, 7) is 4.72. The highest BCUT2D eigenvalue weighted by Gasteiger charge is 2.31. The van der Waals surface area contributed by atoms with E-state index in [2.05, 4.69) is 19.9 Å². The molecule has 0 saturated carbocycles. The van der Waals surface area contributed by atoms with Crippen LogP contribution in [0.25, 0.3) is 0 Å². The number of nitrogens with zero attached hydrogens (tertiary/aromatic N) is 5. The molecule has 1 atom stereocenters. The lowest BCUT2D eigenvalue weighted by atomic mass is 10.1. The van der Waals surface area contributed by atoms with Gasteiger partial charge in [0.25, 0.3) is 5.91 Å². The van der Waals surface area contributed by atoms with E-state index in [1.165, 1.54) is 12.3 Å². The Morgan fingerprint density at radius 3 is 2.72 bits per heavy atom. The molecule has 8 heteroatoms. The fourth-order valence-corrected chi connectivity index (χ4v) is 3.26. The number of para-hydroxylation sites is 1. The normalized spacial score (nSPS) is 16.1. The van der Waals surface area contributed by atoms with Gasteiger partial charge < -0.3 is 9.64 Å². The molecule has 1 amide bonds. The number of aryl methyl sites for hydroxylation is 2. The van der Waals surface area contributed by atoms with Gasteiger partial charge in [0, 0.05) is 37.0 Å². The van der Waals surface area contributed by atoms with Crippen molar-refractivity contribution in [2.24, 2.45) is 0 Å². The molecule has 0 spiro atoms. The number of benzene rings is 1. The summed E-state index contributed by atoms with van der Waals surface area (Å²) in [6.07, 6.45) is 3.80. The van der Waals surface area contributed by atoms with Gasteiger partial charge >= 0.3 is 0 Å². The smallest absolute Gasteiger partial charge is 0.274 e. The Bertz CT molecular complexity index is 1040. The number of ether oxygens (including phenoxy) is 1. The van der Waals surface area contributed by atoms with Crippen LogP contribution in [-0.4, -0.2) is 43.8 Å². The third kappa shape index (κ3) is 4.21. The van der Waals surface area contributed by atoms with E-state index in [0.29, 0.717) is 24.6 Å². The number of carbonyl (C=O) groups excluding carboxylic acids is 1. The molecule has 29 heavy (non-hydrogen) atoms. The Kier molecular flexibility index (Phi) is 5.16. The van der Waals surface area contributed by atoms with Gasteiger partial charge in [-0.3, -0.25) is 9.78 Å². The van der Waals surface area contributed by atoms with Gasteiger partial charge in [0.15, 0.2) is 11.6 Å². The van der Waals surface area contributed by atoms with Crippen molar-refractivity contribution in [3.8, 4) is 11.6 Å². The minimum atomic E-state index is -0.456. The van der Waals surface area contributed by atoms with Crippen LogP contribution in [0.1, 0.15) is 40.0 Å². The Balaban J connectivity index is 1.50. The second-order valence-electron chi connectivity index (χ2n) is 7.02. The van der Waals surface area contributed by atoms with E-state index in [1.54, 1.807) is 35.4 Å². The Morgan fingerprint density at radius 1 is 1.14 bits per heavy atom. The molecule has 3 aromatic rings. The monoisotopic (exact) mass is 393 g/mol. The van der Waals surface area contributed by atoms with Gasteiger partial charge in [-0.15, -0.1) is 0 Å². The first-order valence-corrected chi connectivity index (χ1v) is 9.35. The Labute approximate surface area is 167 Å². The lowest BCUT2D eigenvalue weighted by Gasteiger charge is -2.16. The van der Waals surface area contributed by atoms with Crippen LogP contribution in [0.3, 0.4) is 0 Å². The maximum absolute atomic E-state index is 13.9. The third-order valence-electron chi connectivity index (χ3n) is 4.74. The summed E-state index contributed by atoms with van der Waals surface area (Å²) in [5.74, 6) is 0.337. The van der Waals surface area contributed by atoms with Gasteiger partial charge in [0.1, 0.15) is 11.5 Å². The second kappa shape index (κ2) is 7.90. The first-order chi connectivity index (χ1) is 14.0. The van der Waals surface area contributed by atoms with Gasteiger partial charge in [0.05, 0.1) is 11.9 Å². The zero-order valence-electron chi connectivity index (χ0n) is 16.2. The summed E-state index contributed by atoms with van der Waals surface area (Å²) in [5, 5.41) is 0. The zero-order valence-corrected chi connectivity index (χ0v) is 16.2. The van der Waals surface area contributed by atoms with Crippen LogP contribution in [0.2, 0.25) is 0 Å². The first kappa shape index (κ1) is 18.9. The van der Waals surface area contributed by atoms with Crippen LogP contribution in [0, 0.1) is 19.7 Å². The van der Waals surface area contributed by atoms with E-state index in [4.69, 9.17) is 4.74 Å². The summed E-state index contributed by atoms with van der Waals surface area (Å²) >= 11 is 0. The molecule has 1 unspecified atom stereocenters. The molecule has 1 aliphatic heterocycles. The van der Waals surface area contributed by atoms with Crippen molar-refractivity contribution in [2.45, 2.75) is 26.2 Å². The summed E-state index contributed by atoms with van der Waals surface area (Å²) in [4.78, 5) is 31.7. The van der Waals surface area contributed by atoms with E-state index < -0.39 is 5.82 Å². The highest BCUT2D eigenvalue weighted by Crippen LogP contribution is 2.29. The van der Waals surface area contributed by atoms with E-state index in [-0.39, 0.29) is 23.5 Å². The molecule has 0 radical (unpaired) electrons. The second-order valence-corrected chi connectivity index (χ2v) is 7.02. The van der Waals surface area contributed by atoms with Crippen molar-refractivity contribution in [3.63, 3.8) is 0 Å². The average Bonchev–Trinajstić information content (AvgIpc) is 3.20. The molecule has 0 N–H and O–H groups in total. The van der Waals surface area contributed by atoms with Gasteiger partial charge in [-0.1, -0.05) is 12.1 Å². The first-order valence-electron chi connectivity index (χ1n) is 9.35. The fourth-order valence-electron chi connectivity index (χ4n) is 3.26. The molecule has 0 aliphatic carbocycles. The van der Waals surface area contributed by atoms with Gasteiger partial charge in [-0.05, 0) is 32.4 Å². The van der Waals surface area contributed by atoms with Crippen molar-refractivity contribution in [2.75, 3.05) is 13.1 Å². The molecule has 1 saturated heterocycles. The predicted octanol–water partition coefficient (Wildman–Crippen LogP) is 3.44. The maximum atomic E-state index is 13.9. The van der Waals surface area contributed by atoms with Crippen molar-refractivity contribution in [1.82, 2.24) is 24.8 Å². The van der Waals surface area contributed by atoms with Crippen molar-refractivity contribution in [3.05, 3.63) is 71.4 Å². The van der Waals surface area contributed by atoms with E-state index in [0.717, 1.165) is 17.8 Å². The summed E-state index contributed by atoms with van der Waals surface area (Å²) in [6, 6.07) is 7.84. The summed E-state index contributed by atoms with van der Waals surface area (Å²) in [5.41, 5.74) is 1.80. The highest BCUT2D eigenvalue weighted by atomic mass is 19.1. The highest BCUT2D eigenvalue weighted by molar-refractivity contribution is 5.92. The number of aromatic nitrogens is 4. The molecule has 1 aromatic carbocycles. The Morgan fingerprint density at radius 2 is 1.97 bits per heavy atom. The minimum Gasteiger partial charge on any atom is -0.436 e. The van der Waals surface area contributed by atoms with E-state index in [9.17, 15) is 9.18 Å². The molecule has 148 valence electrons. The fraction of sp³-hybridized carbons (Fsp3) is 0.286. The molecule has 0 bridgehead atoms. The van der Waals surface area contributed by atoms with Crippen LogP contribution < -0.4 is 4.74 Å². The minimum absolute atomic E-state index is 0.0276. The molecule has 4 rings (SSSR count). The third-order valence-corrected chi connectivity index (χ3v) is 4.74. The van der Waals surface area contributed by atoms with Crippen molar-refractivity contribution < 1.29 is 13.9 Å². The number of halogens is 1. The van der Waals surface area contributed by atoms with Crippen LogP contribution in [-0.2, 0) is 0 Å². The summed E-state index contributed by atoms with van der Waals surface area (Å²) in [7, 11) is 0. The lowest BCUT2D eigenvalue weighted by molar-refractivity contribution is 0.0784. The van der Waals surface area contributed by atoms with Crippen LogP contribution >= 0.6 is 0 Å². The largest absolute Gasteiger partial charge is 0.436 e. The SMILES string of the molecule is Cc1cnc(C(=O)N2CCC(c3nc(C)cc(Oc4ccccc4F)n3)C2)cn1. The van der Waals surface area contributed by atoms with Crippen molar-refractivity contribution in [1.29, 1.82) is 0 Å². The van der Waals surface area contributed by atoms with E-state index in [1.807, 2.05) is 13.8 Å². The molecule has 1 fully saturated rings. The molecule has 2 aromatic heterocycles. The lowest BCUT2D eigenvalue weighted by Crippen LogP contribution is -2.29. The zero-order chi connectivity index (χ0) is 20.4. The van der Waals surface area contributed by atoms with Gasteiger partial charge in [0.2, 0.25) is 5.88 Å². The van der Waals surface area contributed by atoms with Crippen LogP contribution in [0.5, 0.6) is 11.6 Å². The number of carbonyl (C=O) groups is 1. The quantitative estimate of drug-likeness (QED) is 0.675. The molecule has 1 aliphatic rings. The predicted molar refractivity (Wildman–Crippen MR) is 103 cm³/mol. The summed E-state index contributed by atoms with van der Waals surface area (Å²) < 4.78 is 19.5. The van der Waals surface area contributed by atoms with Crippen molar-refractivity contribution >= 4 is 5.91 Å². The van der Waals surface area contributed by atoms with Gasteiger partial charge in [-0.25, -0.2) is 14.4 Å². The van der Waals surface area contributed by atoms with Crippen LogP contribution in [0.15, 0.2) is 42.7 Å². The molecular formula is C21H20FN5O2. The molecule has 3 heterocycles. The number of hydrogen-bond donors (Lipinski definition) is 0. The Hall–Kier alpha value is -3.42. The standard InChI is InChI=1S/C21H20FN5O2/c1-13-9-19(29-18-6-4-3-5-16(18)22)26-20(25-13)15-7-8-27(12-15)21(28)17-11-23-14(2)10-24-17/h3-6,9-11,15H,7-8,12H2,1-2H3. The topological polar surface area (TPSA) is 81.1 Å². The number of amides is 1.